The second kappa shape index (κ2) is 7.17. The summed E-state index contributed by atoms with van der Waals surface area (Å²) in [6.07, 6.45) is 3.80. The lowest BCUT2D eigenvalue weighted by Crippen LogP contribution is -2.57. The Kier molecular flexibility index (Phi) is 5.67. The average molecular weight is 359 g/mol. The average Bonchev–Trinajstić information content (AvgIpc) is 2.95. The van der Waals surface area contributed by atoms with Gasteiger partial charge in [-0.2, -0.15) is 0 Å². The number of guanidine groups is 1. The molecule has 8 heteroatoms. The van der Waals surface area contributed by atoms with E-state index >= 15 is 0 Å². The lowest BCUT2D eigenvalue weighted by Gasteiger charge is -2.39. The Morgan fingerprint density at radius 3 is 2.83 bits per heavy atom. The van der Waals surface area contributed by atoms with Gasteiger partial charge >= 0.3 is 0 Å². The summed E-state index contributed by atoms with van der Waals surface area (Å²) in [6, 6.07) is 0. The lowest BCUT2D eigenvalue weighted by atomic mass is 10.2. The monoisotopic (exact) mass is 358 g/mol. The minimum Gasteiger partial charge on any atom is -0.356 e. The summed E-state index contributed by atoms with van der Waals surface area (Å²) in [5.74, 6) is 0.938. The molecule has 0 aromatic carbocycles. The fraction of sp³-hybridized carbons (Fsp3) is 0.733. The van der Waals surface area contributed by atoms with Gasteiger partial charge < -0.3 is 10.2 Å². The standard InChI is InChI=1S/C15H26N4O2S2/c1-5-12-10-18-13(22-12)6-7-17-14(16-4)19-8-9-23(20,21)15(2,3)11-19/h10H,5-9,11H2,1-4H3,(H,16,17). The van der Waals surface area contributed by atoms with Crippen LogP contribution in [0.15, 0.2) is 11.2 Å². The number of nitrogens with one attached hydrogen (secondary N) is 1. The van der Waals surface area contributed by atoms with Crippen molar-refractivity contribution in [3.05, 3.63) is 16.1 Å². The molecule has 0 atom stereocenters. The molecule has 1 aliphatic heterocycles. The molecule has 0 saturated carbocycles. The van der Waals surface area contributed by atoms with Crippen LogP contribution in [0.4, 0.5) is 0 Å². The zero-order valence-electron chi connectivity index (χ0n) is 14.3. The number of thiazole rings is 1. The van der Waals surface area contributed by atoms with E-state index < -0.39 is 14.6 Å². The largest absolute Gasteiger partial charge is 0.356 e. The van der Waals surface area contributed by atoms with Crippen molar-refractivity contribution in [2.45, 2.75) is 38.4 Å². The van der Waals surface area contributed by atoms with E-state index in [-0.39, 0.29) is 5.75 Å². The van der Waals surface area contributed by atoms with E-state index in [0.29, 0.717) is 13.1 Å². The van der Waals surface area contributed by atoms with E-state index in [9.17, 15) is 8.42 Å². The first-order valence-electron chi connectivity index (χ1n) is 7.90. The maximum atomic E-state index is 12.1. The van der Waals surface area contributed by atoms with Gasteiger partial charge in [0.25, 0.3) is 0 Å². The Morgan fingerprint density at radius 2 is 2.26 bits per heavy atom. The van der Waals surface area contributed by atoms with Gasteiger partial charge in [-0.1, -0.05) is 6.92 Å². The maximum absolute atomic E-state index is 12.1. The van der Waals surface area contributed by atoms with E-state index in [1.165, 1.54) is 4.88 Å². The Morgan fingerprint density at radius 1 is 1.52 bits per heavy atom. The predicted octanol–water partition coefficient (Wildman–Crippen LogP) is 1.33. The quantitative estimate of drug-likeness (QED) is 0.649. The van der Waals surface area contributed by atoms with Gasteiger partial charge in [0.05, 0.1) is 15.5 Å². The summed E-state index contributed by atoms with van der Waals surface area (Å²) in [7, 11) is -1.30. The van der Waals surface area contributed by atoms with Crippen molar-refractivity contribution in [3.8, 4) is 0 Å². The number of aromatic nitrogens is 1. The highest BCUT2D eigenvalue weighted by atomic mass is 32.2. The first-order valence-corrected chi connectivity index (χ1v) is 10.4. The number of nitrogens with zero attached hydrogens (tertiary/aromatic N) is 3. The van der Waals surface area contributed by atoms with Gasteiger partial charge in [0, 0.05) is 44.2 Å². The number of sulfone groups is 1. The smallest absolute Gasteiger partial charge is 0.193 e. The first kappa shape index (κ1) is 18.2. The highest BCUT2D eigenvalue weighted by Gasteiger charge is 2.40. The molecule has 6 nitrogen and oxygen atoms in total. The molecule has 0 spiro atoms. The zero-order chi connectivity index (χ0) is 17.1. The third-order valence-corrected chi connectivity index (χ3v) is 7.86. The molecular formula is C15H26N4O2S2. The van der Waals surface area contributed by atoms with Gasteiger partial charge in [0.1, 0.15) is 0 Å². The van der Waals surface area contributed by atoms with Crippen LogP contribution in [0.2, 0.25) is 0 Å². The molecule has 2 heterocycles. The fourth-order valence-corrected chi connectivity index (χ4v) is 4.79. The van der Waals surface area contributed by atoms with E-state index in [4.69, 9.17) is 0 Å². The SMILES string of the molecule is CCc1cnc(CCNC(=NC)N2CCS(=O)(=O)C(C)(C)C2)s1. The summed E-state index contributed by atoms with van der Waals surface area (Å²) in [5, 5.41) is 4.44. The molecule has 1 aromatic rings. The summed E-state index contributed by atoms with van der Waals surface area (Å²) in [4.78, 5) is 12.0. The van der Waals surface area contributed by atoms with Crippen molar-refractivity contribution in [3.63, 3.8) is 0 Å². The number of hydrogen-bond acceptors (Lipinski definition) is 5. The minimum absolute atomic E-state index is 0.174. The van der Waals surface area contributed by atoms with Gasteiger partial charge in [-0.25, -0.2) is 13.4 Å². The molecule has 130 valence electrons. The molecule has 1 fully saturated rings. The maximum Gasteiger partial charge on any atom is 0.193 e. The molecule has 1 saturated heterocycles. The van der Waals surface area contributed by atoms with Crippen molar-refractivity contribution in [2.75, 3.05) is 32.4 Å². The van der Waals surface area contributed by atoms with E-state index in [0.717, 1.165) is 30.4 Å². The van der Waals surface area contributed by atoms with E-state index in [2.05, 4.69) is 22.2 Å². The topological polar surface area (TPSA) is 74.7 Å². The second-order valence-corrected chi connectivity index (χ2v) is 10.2. The molecule has 0 radical (unpaired) electrons. The molecule has 2 rings (SSSR count). The highest BCUT2D eigenvalue weighted by molar-refractivity contribution is 7.92. The third-order valence-electron chi connectivity index (χ3n) is 4.13. The van der Waals surface area contributed by atoms with Crippen molar-refractivity contribution >= 4 is 27.1 Å². The zero-order valence-corrected chi connectivity index (χ0v) is 15.9. The van der Waals surface area contributed by atoms with Crippen LogP contribution in [0.5, 0.6) is 0 Å². The van der Waals surface area contributed by atoms with Crippen LogP contribution in [0.1, 0.15) is 30.7 Å². The Balaban J connectivity index is 1.91. The van der Waals surface area contributed by atoms with Gasteiger partial charge in [-0.3, -0.25) is 4.99 Å². The second-order valence-electron chi connectivity index (χ2n) is 6.30. The molecule has 0 aliphatic carbocycles. The molecule has 1 N–H and O–H groups in total. The molecule has 23 heavy (non-hydrogen) atoms. The van der Waals surface area contributed by atoms with Crippen molar-refractivity contribution in [1.82, 2.24) is 15.2 Å². The van der Waals surface area contributed by atoms with Crippen LogP contribution in [-0.4, -0.2) is 61.4 Å². The molecule has 1 aromatic heterocycles. The number of aliphatic imine (C=N–C) groups is 1. The van der Waals surface area contributed by atoms with Gasteiger partial charge in [0.15, 0.2) is 15.8 Å². The van der Waals surface area contributed by atoms with E-state index in [1.54, 1.807) is 32.2 Å². The Bertz CT molecular complexity index is 665. The molecular weight excluding hydrogens is 332 g/mol. The fourth-order valence-electron chi connectivity index (χ4n) is 2.57. The minimum atomic E-state index is -3.03. The van der Waals surface area contributed by atoms with Crippen LogP contribution in [0.3, 0.4) is 0 Å². The highest BCUT2D eigenvalue weighted by Crippen LogP contribution is 2.23. The predicted molar refractivity (Wildman–Crippen MR) is 96.0 cm³/mol. The Labute approximate surface area is 142 Å². The third kappa shape index (κ3) is 4.23. The van der Waals surface area contributed by atoms with Crippen LogP contribution in [0.25, 0.3) is 0 Å². The number of rotatable bonds is 4. The van der Waals surface area contributed by atoms with Crippen molar-refractivity contribution < 1.29 is 8.42 Å². The van der Waals surface area contributed by atoms with Crippen LogP contribution < -0.4 is 5.32 Å². The normalized spacial score (nSPS) is 20.5. The van der Waals surface area contributed by atoms with E-state index in [1.807, 2.05) is 11.1 Å². The molecule has 1 aliphatic rings. The Hall–Kier alpha value is -1.15. The van der Waals surface area contributed by atoms with Crippen LogP contribution in [0, 0.1) is 0 Å². The summed E-state index contributed by atoms with van der Waals surface area (Å²) in [6.45, 7) is 7.39. The van der Waals surface area contributed by atoms with Crippen molar-refractivity contribution in [2.24, 2.45) is 4.99 Å². The number of aryl methyl sites for hydroxylation is 1. The molecule has 0 bridgehead atoms. The van der Waals surface area contributed by atoms with Crippen molar-refractivity contribution in [1.29, 1.82) is 0 Å². The van der Waals surface area contributed by atoms with Gasteiger partial charge in [0.2, 0.25) is 0 Å². The van der Waals surface area contributed by atoms with Gasteiger partial charge in [-0.05, 0) is 20.3 Å². The van der Waals surface area contributed by atoms with Crippen LogP contribution in [-0.2, 0) is 22.7 Å². The molecule has 0 amide bonds. The lowest BCUT2D eigenvalue weighted by molar-refractivity contribution is 0.353. The number of hydrogen-bond donors (Lipinski definition) is 1. The van der Waals surface area contributed by atoms with Crippen LogP contribution >= 0.6 is 11.3 Å². The summed E-state index contributed by atoms with van der Waals surface area (Å²) in [5.41, 5.74) is 0. The molecule has 0 unspecified atom stereocenters. The first-order chi connectivity index (χ1) is 10.8. The van der Waals surface area contributed by atoms with Gasteiger partial charge in [-0.15, -0.1) is 11.3 Å². The summed E-state index contributed by atoms with van der Waals surface area (Å²) < 4.78 is 23.4. The summed E-state index contributed by atoms with van der Waals surface area (Å²) >= 11 is 1.74.